The zero-order valence-corrected chi connectivity index (χ0v) is 6.87. The first-order chi connectivity index (χ1) is 5.68. The van der Waals surface area contributed by atoms with Gasteiger partial charge in [-0.3, -0.25) is 4.79 Å². The number of esters is 2. The lowest BCUT2D eigenvalue weighted by Gasteiger charge is -2.17. The number of hydrogen-bond donors (Lipinski definition) is 0. The number of cyclic esters (lactones) is 2. The molecule has 0 aromatic heterocycles. The van der Waals surface area contributed by atoms with Crippen molar-refractivity contribution in [3.8, 4) is 0 Å². The van der Waals surface area contributed by atoms with Crippen LogP contribution in [0.4, 0.5) is 0 Å². The van der Waals surface area contributed by atoms with Gasteiger partial charge in [-0.1, -0.05) is 13.0 Å². The van der Waals surface area contributed by atoms with Crippen LogP contribution in [0, 0.1) is 11.8 Å². The van der Waals surface area contributed by atoms with Crippen LogP contribution in [0.1, 0.15) is 19.8 Å². The van der Waals surface area contributed by atoms with Gasteiger partial charge in [0, 0.05) is 5.57 Å². The Bertz CT molecular complexity index is 277. The lowest BCUT2D eigenvalue weighted by Crippen LogP contribution is -2.16. The zero-order chi connectivity index (χ0) is 8.72. The van der Waals surface area contributed by atoms with Crippen molar-refractivity contribution in [3.05, 3.63) is 11.6 Å². The Kier molecular flexibility index (Phi) is 1.53. The van der Waals surface area contributed by atoms with E-state index in [2.05, 4.69) is 11.7 Å². The van der Waals surface area contributed by atoms with Gasteiger partial charge in [-0.15, -0.1) is 0 Å². The van der Waals surface area contributed by atoms with E-state index in [9.17, 15) is 9.59 Å². The Labute approximate surface area is 70.4 Å². The highest BCUT2D eigenvalue weighted by Crippen LogP contribution is 2.34. The normalized spacial score (nSPS) is 34.2. The molecule has 0 unspecified atom stereocenters. The van der Waals surface area contributed by atoms with E-state index < -0.39 is 5.97 Å². The number of fused-ring (bicyclic) bond motifs is 1. The lowest BCUT2D eigenvalue weighted by molar-refractivity contribution is -0.152. The van der Waals surface area contributed by atoms with E-state index in [4.69, 9.17) is 0 Å². The second kappa shape index (κ2) is 2.44. The van der Waals surface area contributed by atoms with Crippen molar-refractivity contribution >= 4 is 11.9 Å². The molecule has 0 bridgehead atoms. The number of carbonyl (C=O) groups excluding carboxylic acids is 2. The lowest BCUT2D eigenvalue weighted by atomic mass is 9.83. The molecule has 2 atom stereocenters. The first kappa shape index (κ1) is 7.53. The van der Waals surface area contributed by atoms with Crippen molar-refractivity contribution in [2.24, 2.45) is 11.8 Å². The van der Waals surface area contributed by atoms with Crippen LogP contribution in [0.5, 0.6) is 0 Å². The number of ether oxygens (including phenoxy) is 1. The fourth-order valence-electron chi connectivity index (χ4n) is 1.77. The third-order valence-electron chi connectivity index (χ3n) is 2.47. The Morgan fingerprint density at radius 1 is 1.50 bits per heavy atom. The minimum Gasteiger partial charge on any atom is -0.389 e. The molecule has 0 N–H and O–H groups in total. The summed E-state index contributed by atoms with van der Waals surface area (Å²) in [7, 11) is 0. The molecule has 0 saturated carbocycles. The van der Waals surface area contributed by atoms with Gasteiger partial charge < -0.3 is 4.74 Å². The molecule has 0 radical (unpaired) electrons. The van der Waals surface area contributed by atoms with E-state index in [-0.39, 0.29) is 11.9 Å². The van der Waals surface area contributed by atoms with E-state index in [0.29, 0.717) is 11.5 Å². The topological polar surface area (TPSA) is 43.4 Å². The Hall–Kier alpha value is -1.12. The fourth-order valence-corrected chi connectivity index (χ4v) is 1.77. The standard InChI is InChI=1S/C9H10O3/c1-5-2-3-6-7(4-5)9(11)12-8(6)10/h3,5,7H,2,4H2,1H3/t5-,7+/m1/s1. The minimum absolute atomic E-state index is 0.263. The van der Waals surface area contributed by atoms with Crippen LogP contribution in [-0.4, -0.2) is 11.9 Å². The molecule has 1 aliphatic heterocycles. The van der Waals surface area contributed by atoms with E-state index in [1.54, 1.807) is 0 Å². The van der Waals surface area contributed by atoms with Crippen LogP contribution in [-0.2, 0) is 14.3 Å². The third-order valence-corrected chi connectivity index (χ3v) is 2.47. The molecule has 2 rings (SSSR count). The van der Waals surface area contributed by atoms with Crippen molar-refractivity contribution in [1.82, 2.24) is 0 Å². The van der Waals surface area contributed by atoms with Gasteiger partial charge in [0.05, 0.1) is 5.92 Å². The maximum absolute atomic E-state index is 11.1. The SMILES string of the molecule is C[C@@H]1CC=C2C(=O)OC(=O)[C@H]2C1. The number of rotatable bonds is 0. The van der Waals surface area contributed by atoms with Gasteiger partial charge in [-0.05, 0) is 18.8 Å². The fraction of sp³-hybridized carbons (Fsp3) is 0.556. The minimum atomic E-state index is -0.433. The molecular formula is C9H10O3. The van der Waals surface area contributed by atoms with Gasteiger partial charge in [-0.2, -0.15) is 0 Å². The molecule has 1 saturated heterocycles. The summed E-state index contributed by atoms with van der Waals surface area (Å²) in [5.41, 5.74) is 0.582. The third kappa shape index (κ3) is 0.967. The Balaban J connectivity index is 2.33. The Morgan fingerprint density at radius 2 is 2.25 bits per heavy atom. The molecule has 12 heavy (non-hydrogen) atoms. The highest BCUT2D eigenvalue weighted by molar-refractivity contribution is 6.07. The van der Waals surface area contributed by atoms with Gasteiger partial charge >= 0.3 is 11.9 Å². The first-order valence-corrected chi connectivity index (χ1v) is 4.14. The molecule has 0 aromatic carbocycles. The maximum atomic E-state index is 11.1. The second-order valence-corrected chi connectivity index (χ2v) is 3.50. The highest BCUT2D eigenvalue weighted by atomic mass is 16.6. The van der Waals surface area contributed by atoms with Crippen LogP contribution < -0.4 is 0 Å². The average Bonchev–Trinajstić information content (AvgIpc) is 2.28. The molecule has 3 nitrogen and oxygen atoms in total. The molecule has 0 spiro atoms. The van der Waals surface area contributed by atoms with Crippen LogP contribution in [0.3, 0.4) is 0 Å². The van der Waals surface area contributed by atoms with Crippen molar-refractivity contribution in [3.63, 3.8) is 0 Å². The molecule has 1 aliphatic carbocycles. The quantitative estimate of drug-likeness (QED) is 0.399. The number of hydrogen-bond acceptors (Lipinski definition) is 3. The van der Waals surface area contributed by atoms with Gasteiger partial charge in [-0.25, -0.2) is 4.79 Å². The Morgan fingerprint density at radius 3 is 3.00 bits per heavy atom. The van der Waals surface area contributed by atoms with Gasteiger partial charge in [0.15, 0.2) is 0 Å². The summed E-state index contributed by atoms with van der Waals surface area (Å²) in [6.45, 7) is 2.07. The summed E-state index contributed by atoms with van der Waals surface area (Å²) < 4.78 is 4.51. The monoisotopic (exact) mass is 166 g/mol. The van der Waals surface area contributed by atoms with E-state index in [0.717, 1.165) is 12.8 Å². The van der Waals surface area contributed by atoms with E-state index in [1.807, 2.05) is 6.08 Å². The molecule has 1 fully saturated rings. The molecule has 0 amide bonds. The van der Waals surface area contributed by atoms with Gasteiger partial charge in [0.1, 0.15) is 0 Å². The molecule has 0 aromatic rings. The van der Waals surface area contributed by atoms with Crippen LogP contribution in [0.2, 0.25) is 0 Å². The van der Waals surface area contributed by atoms with Crippen molar-refractivity contribution in [2.45, 2.75) is 19.8 Å². The summed E-state index contributed by atoms with van der Waals surface area (Å²) in [6, 6.07) is 0. The van der Waals surface area contributed by atoms with E-state index >= 15 is 0 Å². The molecular weight excluding hydrogens is 156 g/mol. The van der Waals surface area contributed by atoms with E-state index in [1.165, 1.54) is 0 Å². The highest BCUT2D eigenvalue weighted by Gasteiger charge is 2.41. The predicted molar refractivity (Wildman–Crippen MR) is 41.1 cm³/mol. The second-order valence-electron chi connectivity index (χ2n) is 3.50. The maximum Gasteiger partial charge on any atom is 0.342 e. The summed E-state index contributed by atoms with van der Waals surface area (Å²) in [5, 5.41) is 0. The average molecular weight is 166 g/mol. The first-order valence-electron chi connectivity index (χ1n) is 4.14. The van der Waals surface area contributed by atoms with Crippen LogP contribution in [0.25, 0.3) is 0 Å². The van der Waals surface area contributed by atoms with Gasteiger partial charge in [0.2, 0.25) is 0 Å². The summed E-state index contributed by atoms with van der Waals surface area (Å²) in [5.74, 6) is -0.576. The zero-order valence-electron chi connectivity index (χ0n) is 6.87. The van der Waals surface area contributed by atoms with Gasteiger partial charge in [0.25, 0.3) is 0 Å². The molecule has 2 aliphatic rings. The van der Waals surface area contributed by atoms with Crippen molar-refractivity contribution in [2.75, 3.05) is 0 Å². The largest absolute Gasteiger partial charge is 0.389 e. The van der Waals surface area contributed by atoms with Crippen molar-refractivity contribution in [1.29, 1.82) is 0 Å². The smallest absolute Gasteiger partial charge is 0.342 e. The number of allylic oxidation sites excluding steroid dienone is 1. The number of carbonyl (C=O) groups is 2. The van der Waals surface area contributed by atoms with Crippen LogP contribution >= 0.6 is 0 Å². The molecule has 1 heterocycles. The van der Waals surface area contributed by atoms with Crippen molar-refractivity contribution < 1.29 is 14.3 Å². The van der Waals surface area contributed by atoms with Crippen LogP contribution in [0.15, 0.2) is 11.6 Å². The summed E-state index contributed by atoms with van der Waals surface area (Å²) in [6.07, 6.45) is 3.48. The predicted octanol–water partition coefficient (Wildman–Crippen LogP) is 1.04. The summed E-state index contributed by atoms with van der Waals surface area (Å²) in [4.78, 5) is 22.1. The summed E-state index contributed by atoms with van der Waals surface area (Å²) >= 11 is 0. The molecule has 3 heteroatoms. The molecule has 64 valence electrons.